The van der Waals surface area contributed by atoms with Crippen molar-refractivity contribution in [3.8, 4) is 12.1 Å². The topological polar surface area (TPSA) is 103 Å². The molecule has 0 saturated heterocycles. The highest BCUT2D eigenvalue weighted by atomic mass is 32.2. The average molecular weight is 325 g/mol. The van der Waals surface area contributed by atoms with Crippen molar-refractivity contribution in [2.24, 2.45) is 5.16 Å². The molecule has 114 valence electrons. The van der Waals surface area contributed by atoms with E-state index >= 15 is 0 Å². The van der Waals surface area contributed by atoms with Crippen LogP contribution in [-0.4, -0.2) is 14.1 Å². The zero-order valence-corrected chi connectivity index (χ0v) is 12.7. The molecule has 23 heavy (non-hydrogen) atoms. The van der Waals surface area contributed by atoms with Crippen LogP contribution in [0.3, 0.4) is 0 Å². The molecule has 0 unspecified atom stereocenters. The predicted octanol–water partition coefficient (Wildman–Crippen LogP) is 2.39. The van der Waals surface area contributed by atoms with Crippen LogP contribution in [0.2, 0.25) is 0 Å². The van der Waals surface area contributed by atoms with Gasteiger partial charge in [0, 0.05) is 5.56 Å². The molecule has 0 saturated carbocycles. The molecule has 2 aromatic rings. The van der Waals surface area contributed by atoms with Crippen LogP contribution in [0.25, 0.3) is 0 Å². The van der Waals surface area contributed by atoms with Gasteiger partial charge in [0.05, 0.1) is 12.5 Å². The first-order valence-corrected chi connectivity index (χ1v) is 7.90. The fourth-order valence-electron chi connectivity index (χ4n) is 1.73. The Hall–Kier alpha value is -3.16. The number of rotatable bonds is 5. The van der Waals surface area contributed by atoms with Gasteiger partial charge in [-0.1, -0.05) is 47.6 Å². The molecule has 7 heteroatoms. The van der Waals surface area contributed by atoms with Crippen molar-refractivity contribution in [1.82, 2.24) is 0 Å². The van der Waals surface area contributed by atoms with Crippen molar-refractivity contribution in [1.29, 1.82) is 10.5 Å². The van der Waals surface area contributed by atoms with E-state index in [9.17, 15) is 8.42 Å². The predicted molar refractivity (Wildman–Crippen MR) is 82.6 cm³/mol. The van der Waals surface area contributed by atoms with E-state index in [-0.39, 0.29) is 17.0 Å². The van der Waals surface area contributed by atoms with Crippen LogP contribution in [0.1, 0.15) is 11.1 Å². The summed E-state index contributed by atoms with van der Waals surface area (Å²) in [7, 11) is -4.07. The van der Waals surface area contributed by atoms with E-state index in [0.29, 0.717) is 5.56 Å². The van der Waals surface area contributed by atoms with Crippen molar-refractivity contribution < 1.29 is 12.7 Å². The molecule has 0 radical (unpaired) electrons. The number of nitrogens with zero attached hydrogens (tertiary/aromatic N) is 3. The van der Waals surface area contributed by atoms with E-state index in [1.807, 2.05) is 6.07 Å². The first-order valence-electron chi connectivity index (χ1n) is 6.50. The molecule has 0 bridgehead atoms. The minimum atomic E-state index is -4.07. The lowest BCUT2D eigenvalue weighted by Gasteiger charge is -2.02. The molecule has 0 amide bonds. The summed E-state index contributed by atoms with van der Waals surface area (Å²) in [5.74, 6) is 0. The normalized spacial score (nSPS) is 11.3. The summed E-state index contributed by atoms with van der Waals surface area (Å²) in [6.07, 6.45) is 0.248. The maximum absolute atomic E-state index is 11.9. The molecule has 0 aliphatic carbocycles. The fraction of sp³-hybridized carbons (Fsp3) is 0.0625. The zero-order chi connectivity index (χ0) is 16.7. The lowest BCUT2D eigenvalue weighted by molar-refractivity contribution is 0.339. The highest BCUT2D eigenvalue weighted by Gasteiger charge is 2.16. The van der Waals surface area contributed by atoms with E-state index < -0.39 is 10.1 Å². The maximum atomic E-state index is 11.9. The highest BCUT2D eigenvalue weighted by Crippen LogP contribution is 2.13. The van der Waals surface area contributed by atoms with Crippen LogP contribution >= 0.6 is 0 Å². The van der Waals surface area contributed by atoms with Gasteiger partial charge in [0.25, 0.3) is 0 Å². The van der Waals surface area contributed by atoms with Gasteiger partial charge in [0.2, 0.25) is 0 Å². The van der Waals surface area contributed by atoms with Gasteiger partial charge in [-0.2, -0.15) is 18.9 Å². The standard InChI is InChI=1S/C16H11N3O3S/c17-11-10-13-6-8-14(9-7-13)16(12-18)19-22-23(20,21)15-4-2-1-3-5-15/h1-9H,10H2. The number of benzene rings is 2. The molecular formula is C16H11N3O3S. The number of nitriles is 2. The van der Waals surface area contributed by atoms with Gasteiger partial charge in [-0.3, -0.25) is 4.28 Å². The molecule has 0 N–H and O–H groups in total. The molecule has 0 fully saturated rings. The molecule has 0 spiro atoms. The second kappa shape index (κ2) is 7.21. The molecule has 0 aliphatic heterocycles. The van der Waals surface area contributed by atoms with Gasteiger partial charge in [0.1, 0.15) is 11.0 Å². The van der Waals surface area contributed by atoms with Crippen LogP contribution in [0.5, 0.6) is 0 Å². The third-order valence-corrected chi connectivity index (χ3v) is 4.00. The van der Waals surface area contributed by atoms with E-state index in [1.54, 1.807) is 48.5 Å². The van der Waals surface area contributed by atoms with Gasteiger partial charge in [-0.05, 0) is 17.7 Å². The van der Waals surface area contributed by atoms with Gasteiger partial charge < -0.3 is 0 Å². The van der Waals surface area contributed by atoms with E-state index in [1.165, 1.54) is 12.1 Å². The Morgan fingerprint density at radius 2 is 1.70 bits per heavy atom. The smallest absolute Gasteiger partial charge is 0.263 e. The van der Waals surface area contributed by atoms with Gasteiger partial charge in [-0.25, -0.2) is 0 Å². The van der Waals surface area contributed by atoms with Crippen molar-refractivity contribution in [3.63, 3.8) is 0 Å². The zero-order valence-electron chi connectivity index (χ0n) is 11.9. The first kappa shape index (κ1) is 16.2. The maximum Gasteiger partial charge on any atom is 0.358 e. The molecule has 0 atom stereocenters. The minimum absolute atomic E-state index is 0.0505. The van der Waals surface area contributed by atoms with Crippen LogP contribution in [-0.2, 0) is 20.8 Å². The SMILES string of the molecule is N#CCc1ccc(C(C#N)=NOS(=O)(=O)c2ccccc2)cc1. The molecular weight excluding hydrogens is 314 g/mol. The molecule has 6 nitrogen and oxygen atoms in total. The summed E-state index contributed by atoms with van der Waals surface area (Å²) in [6.45, 7) is 0. The first-order chi connectivity index (χ1) is 11.1. The van der Waals surface area contributed by atoms with E-state index in [0.717, 1.165) is 5.56 Å². The second-order valence-electron chi connectivity index (χ2n) is 4.43. The molecule has 2 rings (SSSR count). The quantitative estimate of drug-likeness (QED) is 0.620. The summed E-state index contributed by atoms with van der Waals surface area (Å²) in [4.78, 5) is -0.0505. The summed E-state index contributed by atoms with van der Waals surface area (Å²) < 4.78 is 28.5. The molecule has 2 aromatic carbocycles. The Labute approximate surface area is 134 Å². The van der Waals surface area contributed by atoms with Crippen LogP contribution in [0, 0.1) is 22.7 Å². The summed E-state index contributed by atoms with van der Waals surface area (Å²) in [5.41, 5.74) is 1.01. The van der Waals surface area contributed by atoms with Crippen LogP contribution < -0.4 is 0 Å². The Bertz CT molecular complexity index is 890. The van der Waals surface area contributed by atoms with Gasteiger partial charge >= 0.3 is 10.1 Å². The number of hydrogen-bond donors (Lipinski definition) is 0. The minimum Gasteiger partial charge on any atom is -0.263 e. The third-order valence-electron chi connectivity index (χ3n) is 2.88. The van der Waals surface area contributed by atoms with Crippen LogP contribution in [0.4, 0.5) is 0 Å². The van der Waals surface area contributed by atoms with E-state index in [2.05, 4.69) is 9.44 Å². The van der Waals surface area contributed by atoms with E-state index in [4.69, 9.17) is 10.5 Å². The molecule has 0 heterocycles. The van der Waals surface area contributed by atoms with Crippen molar-refractivity contribution >= 4 is 15.8 Å². The highest BCUT2D eigenvalue weighted by molar-refractivity contribution is 7.86. The monoisotopic (exact) mass is 325 g/mol. The largest absolute Gasteiger partial charge is 0.358 e. The molecule has 0 aliphatic rings. The Morgan fingerprint density at radius 1 is 1.04 bits per heavy atom. The van der Waals surface area contributed by atoms with Crippen molar-refractivity contribution in [2.45, 2.75) is 11.3 Å². The van der Waals surface area contributed by atoms with Crippen molar-refractivity contribution in [2.75, 3.05) is 0 Å². The summed E-state index contributed by atoms with van der Waals surface area (Å²) in [6, 6.07) is 17.8. The van der Waals surface area contributed by atoms with Crippen LogP contribution in [0.15, 0.2) is 64.6 Å². The Balaban J connectivity index is 2.23. The Kier molecular flexibility index (Phi) is 5.08. The second-order valence-corrected chi connectivity index (χ2v) is 5.95. The lowest BCUT2D eigenvalue weighted by atomic mass is 10.1. The third kappa shape index (κ3) is 4.16. The summed E-state index contributed by atoms with van der Waals surface area (Å²) in [5, 5.41) is 21.2. The Morgan fingerprint density at radius 3 is 2.26 bits per heavy atom. The lowest BCUT2D eigenvalue weighted by Crippen LogP contribution is -2.06. The fourth-order valence-corrected chi connectivity index (χ4v) is 2.48. The number of hydrogen-bond acceptors (Lipinski definition) is 6. The summed E-state index contributed by atoms with van der Waals surface area (Å²) >= 11 is 0. The van der Waals surface area contributed by atoms with Gasteiger partial charge in [-0.15, -0.1) is 0 Å². The van der Waals surface area contributed by atoms with Crippen molar-refractivity contribution in [3.05, 3.63) is 65.7 Å². The van der Waals surface area contributed by atoms with Gasteiger partial charge in [0.15, 0.2) is 5.71 Å². The average Bonchev–Trinajstić information content (AvgIpc) is 2.58. The number of oxime groups is 1. The molecule has 0 aromatic heterocycles.